The molecular weight excluding hydrogens is 456 g/mol. The van der Waals surface area contributed by atoms with Crippen molar-refractivity contribution in [1.29, 1.82) is 0 Å². The van der Waals surface area contributed by atoms with Gasteiger partial charge in [-0.2, -0.15) is 0 Å². The van der Waals surface area contributed by atoms with E-state index in [4.69, 9.17) is 0 Å². The number of sulfonamides is 1. The molecule has 0 bridgehead atoms. The molecule has 1 unspecified atom stereocenters. The zero-order valence-electron chi connectivity index (χ0n) is 17.9. The van der Waals surface area contributed by atoms with Crippen LogP contribution in [0.1, 0.15) is 35.3 Å². The van der Waals surface area contributed by atoms with Crippen molar-refractivity contribution in [2.24, 2.45) is 0 Å². The van der Waals surface area contributed by atoms with E-state index in [1.165, 1.54) is 23.4 Å². The lowest BCUT2D eigenvalue weighted by atomic mass is 9.91. The van der Waals surface area contributed by atoms with Crippen molar-refractivity contribution in [2.75, 3.05) is 23.1 Å². The molecule has 0 aromatic heterocycles. The number of rotatable bonds is 6. The van der Waals surface area contributed by atoms with E-state index >= 15 is 0 Å². The van der Waals surface area contributed by atoms with Gasteiger partial charge in [-0.05, 0) is 62.2 Å². The highest BCUT2D eigenvalue weighted by molar-refractivity contribution is 7.92. The molecule has 3 amide bonds. The quantitative estimate of drug-likeness (QED) is 0.508. The molecule has 8 nitrogen and oxygen atoms in total. The second-order valence-electron chi connectivity index (χ2n) is 8.06. The van der Waals surface area contributed by atoms with Gasteiger partial charge in [0.2, 0.25) is 10.0 Å². The molecule has 1 fully saturated rings. The van der Waals surface area contributed by atoms with Crippen LogP contribution in [-0.2, 0) is 26.8 Å². The van der Waals surface area contributed by atoms with Crippen molar-refractivity contribution in [3.8, 4) is 0 Å². The first kappa shape index (κ1) is 22.8. The molecule has 2 aliphatic rings. The first-order valence-electron chi connectivity index (χ1n) is 10.2. The molecule has 2 heterocycles. The molecule has 0 aliphatic carbocycles. The highest BCUT2D eigenvalue weighted by Gasteiger charge is 2.51. The van der Waals surface area contributed by atoms with E-state index in [0.717, 1.165) is 18.2 Å². The Balaban J connectivity index is 1.57. The third-order valence-corrected chi connectivity index (χ3v) is 7.78. The summed E-state index contributed by atoms with van der Waals surface area (Å²) >= 11 is 0. The molecule has 0 spiro atoms. The molecule has 33 heavy (non-hydrogen) atoms. The average molecular weight is 477 g/mol. The Labute approximate surface area is 189 Å². The number of carbonyl (C=O) groups excluding carboxylic acids is 3. The van der Waals surface area contributed by atoms with Crippen LogP contribution in [0.4, 0.5) is 19.3 Å². The highest BCUT2D eigenvalue weighted by Crippen LogP contribution is 2.33. The highest BCUT2D eigenvalue weighted by atomic mass is 32.2. The Morgan fingerprint density at radius 1 is 1.15 bits per heavy atom. The van der Waals surface area contributed by atoms with Crippen molar-refractivity contribution in [3.05, 3.63) is 64.7 Å². The number of carbonyl (C=O) groups is 3. The van der Waals surface area contributed by atoms with Gasteiger partial charge >= 0.3 is 6.03 Å². The smallest absolute Gasteiger partial charge is 0.319 e. The third kappa shape index (κ3) is 3.75. The monoisotopic (exact) mass is 477 g/mol. The van der Waals surface area contributed by atoms with Gasteiger partial charge in [0, 0.05) is 17.7 Å². The normalized spacial score (nSPS) is 20.2. The van der Waals surface area contributed by atoms with Gasteiger partial charge in [-0.1, -0.05) is 0 Å². The number of nitrogens with one attached hydrogen (secondary N) is 1. The second kappa shape index (κ2) is 7.91. The van der Waals surface area contributed by atoms with Crippen LogP contribution in [0.25, 0.3) is 0 Å². The molecule has 1 N–H and O–H groups in total. The molecule has 2 aliphatic heterocycles. The van der Waals surface area contributed by atoms with Gasteiger partial charge in [0.1, 0.15) is 17.2 Å². The fraction of sp³-hybridized carbons (Fsp3) is 0.318. The van der Waals surface area contributed by atoms with Crippen molar-refractivity contribution in [2.45, 2.75) is 25.8 Å². The lowest BCUT2D eigenvalue weighted by Crippen LogP contribution is -2.42. The standard InChI is InChI=1S/C22H21F2N3O5S/c1-3-33(31,32)27-9-8-13-10-14(4-7-18(13)27)19(28)12-26-20(29)22(2,25-21(26)30)16-11-15(23)5-6-17(16)24/h4-7,10-11H,3,8-9,12H2,1-2H3,(H,25,30). The van der Waals surface area contributed by atoms with E-state index in [-0.39, 0.29) is 23.4 Å². The average Bonchev–Trinajstić information content (AvgIpc) is 3.30. The summed E-state index contributed by atoms with van der Waals surface area (Å²) in [6, 6.07) is 6.19. The molecule has 0 radical (unpaired) electrons. The summed E-state index contributed by atoms with van der Waals surface area (Å²) < 4.78 is 53.7. The van der Waals surface area contributed by atoms with Crippen molar-refractivity contribution in [3.63, 3.8) is 0 Å². The van der Waals surface area contributed by atoms with Crippen molar-refractivity contribution < 1.29 is 31.6 Å². The number of fused-ring (bicyclic) bond motifs is 1. The number of Topliss-reactive ketones (excluding diaryl/α,β-unsaturated/α-hetero) is 1. The molecule has 4 rings (SSSR count). The Morgan fingerprint density at radius 2 is 1.88 bits per heavy atom. The summed E-state index contributed by atoms with van der Waals surface area (Å²) in [5.74, 6) is -3.13. The summed E-state index contributed by atoms with van der Waals surface area (Å²) in [6.45, 7) is 2.46. The summed E-state index contributed by atoms with van der Waals surface area (Å²) in [5.41, 5.74) is -0.836. The summed E-state index contributed by atoms with van der Waals surface area (Å²) in [6.07, 6.45) is 0.426. The largest absolute Gasteiger partial charge is 0.325 e. The minimum absolute atomic E-state index is 0.0516. The first-order valence-corrected chi connectivity index (χ1v) is 11.8. The summed E-state index contributed by atoms with van der Waals surface area (Å²) in [7, 11) is -3.44. The molecular formula is C22H21F2N3O5S. The number of halogens is 2. The van der Waals surface area contributed by atoms with E-state index in [2.05, 4.69) is 5.32 Å². The number of anilines is 1. The van der Waals surface area contributed by atoms with E-state index < -0.39 is 51.5 Å². The molecule has 2 aromatic carbocycles. The minimum atomic E-state index is -3.44. The fourth-order valence-corrected chi connectivity index (χ4v) is 5.29. The fourth-order valence-electron chi connectivity index (χ4n) is 4.13. The van der Waals surface area contributed by atoms with Crippen LogP contribution in [-0.4, -0.2) is 49.9 Å². The van der Waals surface area contributed by atoms with E-state index in [9.17, 15) is 31.6 Å². The Bertz CT molecular complexity index is 1300. The number of imide groups is 1. The number of hydrogen-bond donors (Lipinski definition) is 1. The van der Waals surface area contributed by atoms with Crippen LogP contribution in [0, 0.1) is 11.6 Å². The second-order valence-corrected chi connectivity index (χ2v) is 10.2. The van der Waals surface area contributed by atoms with Gasteiger partial charge in [0.25, 0.3) is 5.91 Å². The van der Waals surface area contributed by atoms with E-state index in [1.54, 1.807) is 13.0 Å². The maximum atomic E-state index is 14.3. The van der Waals surface area contributed by atoms with Gasteiger partial charge in [0.15, 0.2) is 5.78 Å². The van der Waals surface area contributed by atoms with Gasteiger partial charge < -0.3 is 5.32 Å². The molecule has 1 atom stereocenters. The SMILES string of the molecule is CCS(=O)(=O)N1CCc2cc(C(=O)CN3C(=O)NC(C)(c4cc(F)ccc4F)C3=O)ccc21. The number of benzene rings is 2. The predicted molar refractivity (Wildman–Crippen MR) is 115 cm³/mol. The molecule has 2 aromatic rings. The molecule has 11 heteroatoms. The van der Waals surface area contributed by atoms with Crippen molar-refractivity contribution in [1.82, 2.24) is 10.2 Å². The van der Waals surface area contributed by atoms with Crippen LogP contribution < -0.4 is 9.62 Å². The van der Waals surface area contributed by atoms with Crippen LogP contribution in [0.3, 0.4) is 0 Å². The lowest BCUT2D eigenvalue weighted by Gasteiger charge is -2.22. The molecule has 174 valence electrons. The van der Waals surface area contributed by atoms with Crippen LogP contribution in [0.15, 0.2) is 36.4 Å². The zero-order valence-corrected chi connectivity index (χ0v) is 18.7. The zero-order chi connectivity index (χ0) is 24.1. The van der Waals surface area contributed by atoms with Crippen molar-refractivity contribution >= 4 is 33.4 Å². The summed E-state index contributed by atoms with van der Waals surface area (Å²) in [4.78, 5) is 38.9. The van der Waals surface area contributed by atoms with E-state index in [0.29, 0.717) is 22.6 Å². The van der Waals surface area contributed by atoms with Gasteiger partial charge in [-0.25, -0.2) is 22.0 Å². The van der Waals surface area contributed by atoms with Gasteiger partial charge in [-0.15, -0.1) is 0 Å². The predicted octanol–water partition coefficient (Wildman–Crippen LogP) is 2.33. The van der Waals surface area contributed by atoms with E-state index in [1.807, 2.05) is 0 Å². The van der Waals surface area contributed by atoms with Gasteiger partial charge in [0.05, 0.1) is 18.0 Å². The third-order valence-electron chi connectivity index (χ3n) is 6.00. The van der Waals surface area contributed by atoms with Crippen LogP contribution >= 0.6 is 0 Å². The Hall–Kier alpha value is -3.34. The number of hydrogen-bond acceptors (Lipinski definition) is 5. The van der Waals surface area contributed by atoms with Crippen LogP contribution in [0.2, 0.25) is 0 Å². The Morgan fingerprint density at radius 3 is 2.58 bits per heavy atom. The van der Waals surface area contributed by atoms with Gasteiger partial charge in [-0.3, -0.25) is 18.8 Å². The maximum Gasteiger partial charge on any atom is 0.325 e. The first-order chi connectivity index (χ1) is 15.5. The van der Waals surface area contributed by atoms with Crippen LogP contribution in [0.5, 0.6) is 0 Å². The minimum Gasteiger partial charge on any atom is -0.319 e. The number of amides is 3. The summed E-state index contributed by atoms with van der Waals surface area (Å²) in [5, 5.41) is 2.35. The molecule has 1 saturated heterocycles. The Kier molecular flexibility index (Phi) is 5.47. The molecule has 0 saturated carbocycles. The number of nitrogens with zero attached hydrogens (tertiary/aromatic N) is 2. The lowest BCUT2D eigenvalue weighted by molar-refractivity contribution is -0.130. The number of ketones is 1. The number of urea groups is 1. The maximum absolute atomic E-state index is 14.3. The topological polar surface area (TPSA) is 104 Å².